The van der Waals surface area contributed by atoms with Crippen molar-refractivity contribution in [2.75, 3.05) is 21.3 Å². The van der Waals surface area contributed by atoms with Crippen molar-refractivity contribution in [3.05, 3.63) is 53.6 Å². The zero-order valence-electron chi connectivity index (χ0n) is 15.9. The van der Waals surface area contributed by atoms with E-state index >= 15 is 0 Å². The predicted molar refractivity (Wildman–Crippen MR) is 102 cm³/mol. The number of rotatable bonds is 9. The Bertz CT molecular complexity index is 690. The molecule has 1 N–H and O–H groups in total. The monoisotopic (exact) mass is 357 g/mol. The van der Waals surface area contributed by atoms with Gasteiger partial charge in [-0.3, -0.25) is 4.79 Å². The third-order valence-corrected chi connectivity index (χ3v) is 4.21. The van der Waals surface area contributed by atoms with E-state index in [-0.39, 0.29) is 18.4 Å². The summed E-state index contributed by atoms with van der Waals surface area (Å²) in [6, 6.07) is 14.0. The van der Waals surface area contributed by atoms with Gasteiger partial charge in [-0.1, -0.05) is 30.3 Å². The number of hydrogen-bond acceptors (Lipinski definition) is 4. The maximum absolute atomic E-state index is 12.4. The van der Waals surface area contributed by atoms with Crippen LogP contribution in [0.15, 0.2) is 42.5 Å². The van der Waals surface area contributed by atoms with Gasteiger partial charge in [-0.25, -0.2) is 0 Å². The van der Waals surface area contributed by atoms with Crippen molar-refractivity contribution in [1.82, 2.24) is 5.32 Å². The molecule has 0 heterocycles. The minimum atomic E-state index is -0.0279. The van der Waals surface area contributed by atoms with Gasteiger partial charge in [0.15, 0.2) is 11.5 Å². The molecule has 0 unspecified atom stereocenters. The molecule has 5 heteroatoms. The molecular weight excluding hydrogens is 330 g/mol. The minimum absolute atomic E-state index is 0.0279. The van der Waals surface area contributed by atoms with E-state index in [1.165, 1.54) is 5.56 Å². The summed E-state index contributed by atoms with van der Waals surface area (Å²) in [7, 11) is 4.68. The molecule has 2 aromatic rings. The molecule has 0 bridgehead atoms. The van der Waals surface area contributed by atoms with Crippen molar-refractivity contribution in [3.8, 4) is 17.2 Å². The highest BCUT2D eigenvalue weighted by molar-refractivity contribution is 5.79. The molecule has 2 aromatic carbocycles. The Morgan fingerprint density at radius 2 is 1.58 bits per heavy atom. The molecule has 0 spiro atoms. The largest absolute Gasteiger partial charge is 0.493 e. The van der Waals surface area contributed by atoms with E-state index in [1.54, 1.807) is 33.5 Å². The van der Waals surface area contributed by atoms with Gasteiger partial charge in [0.25, 0.3) is 0 Å². The van der Waals surface area contributed by atoms with Crippen LogP contribution >= 0.6 is 0 Å². The fourth-order valence-electron chi connectivity index (χ4n) is 2.85. The highest BCUT2D eigenvalue weighted by Gasteiger charge is 2.15. The van der Waals surface area contributed by atoms with Gasteiger partial charge >= 0.3 is 0 Å². The van der Waals surface area contributed by atoms with Crippen LogP contribution in [0.25, 0.3) is 0 Å². The predicted octanol–water partition coefficient (Wildman–Crippen LogP) is 3.39. The summed E-state index contributed by atoms with van der Waals surface area (Å²) in [5, 5.41) is 3.05. The molecule has 0 fully saturated rings. The van der Waals surface area contributed by atoms with Crippen molar-refractivity contribution in [3.63, 3.8) is 0 Å². The van der Waals surface area contributed by atoms with Crippen molar-refractivity contribution >= 4 is 5.91 Å². The van der Waals surface area contributed by atoms with Crippen LogP contribution in [0.4, 0.5) is 0 Å². The number of benzene rings is 2. The molecule has 26 heavy (non-hydrogen) atoms. The number of carbonyl (C=O) groups is 1. The van der Waals surface area contributed by atoms with Gasteiger partial charge in [-0.15, -0.1) is 0 Å². The Hall–Kier alpha value is -2.69. The lowest BCUT2D eigenvalue weighted by molar-refractivity contribution is -0.121. The summed E-state index contributed by atoms with van der Waals surface area (Å²) in [6.45, 7) is 2.02. The standard InChI is InChI=1S/C21H27NO4/c1-15(10-11-16-8-6-5-7-9-16)22-20(23)14-17-12-18(24-2)21(26-4)19(13-17)25-3/h5-9,12-13,15H,10-11,14H2,1-4H3,(H,22,23)/t15-/m0/s1. The van der Waals surface area contributed by atoms with Crippen LogP contribution in [-0.2, 0) is 17.6 Å². The fourth-order valence-corrected chi connectivity index (χ4v) is 2.85. The first-order valence-electron chi connectivity index (χ1n) is 8.69. The Balaban J connectivity index is 1.94. The Labute approximate surface area is 155 Å². The lowest BCUT2D eigenvalue weighted by Gasteiger charge is -2.16. The summed E-state index contributed by atoms with van der Waals surface area (Å²) < 4.78 is 16.0. The molecule has 1 amide bonds. The number of nitrogens with one attached hydrogen (secondary N) is 1. The van der Waals surface area contributed by atoms with E-state index in [0.29, 0.717) is 17.2 Å². The zero-order chi connectivity index (χ0) is 18.9. The van der Waals surface area contributed by atoms with Gasteiger partial charge in [0.2, 0.25) is 11.7 Å². The summed E-state index contributed by atoms with van der Waals surface area (Å²) in [6.07, 6.45) is 2.09. The SMILES string of the molecule is COc1cc(CC(=O)N[C@@H](C)CCc2ccccc2)cc(OC)c1OC. The van der Waals surface area contributed by atoms with Crippen LogP contribution in [0.2, 0.25) is 0 Å². The van der Waals surface area contributed by atoms with Crippen molar-refractivity contribution in [1.29, 1.82) is 0 Å². The number of aryl methyl sites for hydroxylation is 1. The molecule has 0 aliphatic carbocycles. The topological polar surface area (TPSA) is 56.8 Å². The number of methoxy groups -OCH3 is 3. The second-order valence-corrected chi connectivity index (χ2v) is 6.20. The number of ether oxygens (including phenoxy) is 3. The van der Waals surface area contributed by atoms with Crippen molar-refractivity contribution in [2.45, 2.75) is 32.2 Å². The Morgan fingerprint density at radius 1 is 0.962 bits per heavy atom. The lowest BCUT2D eigenvalue weighted by atomic mass is 10.1. The van der Waals surface area contributed by atoms with E-state index in [1.807, 2.05) is 25.1 Å². The van der Waals surface area contributed by atoms with Crippen LogP contribution in [-0.4, -0.2) is 33.3 Å². The molecule has 1 atom stereocenters. The average molecular weight is 357 g/mol. The summed E-state index contributed by atoms with van der Waals surface area (Å²) >= 11 is 0. The number of amides is 1. The maximum atomic E-state index is 12.4. The molecular formula is C21H27NO4. The minimum Gasteiger partial charge on any atom is -0.493 e. The van der Waals surface area contributed by atoms with Gasteiger partial charge in [-0.05, 0) is 43.0 Å². The second kappa shape index (κ2) is 9.70. The summed E-state index contributed by atoms with van der Waals surface area (Å²) in [4.78, 5) is 12.4. The first-order valence-corrected chi connectivity index (χ1v) is 8.69. The van der Waals surface area contributed by atoms with Gasteiger partial charge in [0.1, 0.15) is 0 Å². The Kier molecular flexibility index (Phi) is 7.33. The second-order valence-electron chi connectivity index (χ2n) is 6.20. The molecule has 0 aromatic heterocycles. The Morgan fingerprint density at radius 3 is 2.12 bits per heavy atom. The molecule has 0 saturated carbocycles. The third kappa shape index (κ3) is 5.41. The van der Waals surface area contributed by atoms with Crippen LogP contribution in [0.1, 0.15) is 24.5 Å². The molecule has 5 nitrogen and oxygen atoms in total. The third-order valence-electron chi connectivity index (χ3n) is 4.21. The fraction of sp³-hybridized carbons (Fsp3) is 0.381. The number of hydrogen-bond donors (Lipinski definition) is 1. The van der Waals surface area contributed by atoms with Crippen LogP contribution in [0.5, 0.6) is 17.2 Å². The van der Waals surface area contributed by atoms with Crippen LogP contribution in [0, 0.1) is 0 Å². The average Bonchev–Trinajstić information content (AvgIpc) is 2.66. The van der Waals surface area contributed by atoms with Gasteiger partial charge in [0.05, 0.1) is 27.8 Å². The van der Waals surface area contributed by atoms with Crippen LogP contribution in [0.3, 0.4) is 0 Å². The van der Waals surface area contributed by atoms with E-state index in [0.717, 1.165) is 18.4 Å². The van der Waals surface area contributed by atoms with E-state index in [4.69, 9.17) is 14.2 Å². The molecule has 2 rings (SSSR count). The van der Waals surface area contributed by atoms with Gasteiger partial charge in [0, 0.05) is 6.04 Å². The molecule has 0 aliphatic heterocycles. The smallest absolute Gasteiger partial charge is 0.224 e. The lowest BCUT2D eigenvalue weighted by Crippen LogP contribution is -2.34. The molecule has 140 valence electrons. The molecule has 0 saturated heterocycles. The molecule has 0 aliphatic rings. The highest BCUT2D eigenvalue weighted by atomic mass is 16.5. The van der Waals surface area contributed by atoms with Crippen molar-refractivity contribution in [2.24, 2.45) is 0 Å². The first-order chi connectivity index (χ1) is 12.6. The molecule has 0 radical (unpaired) electrons. The van der Waals surface area contributed by atoms with E-state index < -0.39 is 0 Å². The first kappa shape index (κ1) is 19.6. The normalized spacial score (nSPS) is 11.5. The summed E-state index contributed by atoms with van der Waals surface area (Å²) in [5.41, 5.74) is 2.09. The van der Waals surface area contributed by atoms with Crippen molar-refractivity contribution < 1.29 is 19.0 Å². The van der Waals surface area contributed by atoms with Gasteiger partial charge in [-0.2, -0.15) is 0 Å². The quantitative estimate of drug-likeness (QED) is 0.747. The van der Waals surface area contributed by atoms with Crippen LogP contribution < -0.4 is 19.5 Å². The highest BCUT2D eigenvalue weighted by Crippen LogP contribution is 2.38. The van der Waals surface area contributed by atoms with Gasteiger partial charge < -0.3 is 19.5 Å². The number of carbonyl (C=O) groups excluding carboxylic acids is 1. The maximum Gasteiger partial charge on any atom is 0.224 e. The zero-order valence-corrected chi connectivity index (χ0v) is 15.9. The summed E-state index contributed by atoms with van der Waals surface area (Å²) in [5.74, 6) is 1.59. The van der Waals surface area contributed by atoms with E-state index in [2.05, 4.69) is 17.4 Å². The van der Waals surface area contributed by atoms with E-state index in [9.17, 15) is 4.79 Å².